The van der Waals surface area contributed by atoms with Crippen LogP contribution in [0.3, 0.4) is 0 Å². The maximum absolute atomic E-state index is 12.7. The number of aromatic nitrogens is 3. The van der Waals surface area contributed by atoms with Crippen LogP contribution < -0.4 is 15.4 Å². The average Bonchev–Trinajstić information content (AvgIpc) is 3.34. The van der Waals surface area contributed by atoms with Crippen molar-refractivity contribution in [2.75, 3.05) is 23.8 Å². The van der Waals surface area contributed by atoms with Gasteiger partial charge >= 0.3 is 0 Å². The summed E-state index contributed by atoms with van der Waals surface area (Å²) >= 11 is 0. The summed E-state index contributed by atoms with van der Waals surface area (Å²) in [5.41, 5.74) is 8.13. The first-order chi connectivity index (χ1) is 15.2. The maximum atomic E-state index is 12.7. The summed E-state index contributed by atoms with van der Waals surface area (Å²) in [5.74, 6) is 0.527. The second kappa shape index (κ2) is 6.70. The number of nitrogens with zero attached hydrogens (tertiary/aromatic N) is 2. The van der Waals surface area contributed by atoms with Crippen LogP contribution in [0.15, 0.2) is 48.9 Å². The van der Waals surface area contributed by atoms with Crippen molar-refractivity contribution in [3.8, 4) is 17.0 Å². The van der Waals surface area contributed by atoms with Gasteiger partial charge in [-0.2, -0.15) is 0 Å². The van der Waals surface area contributed by atoms with E-state index in [1.165, 1.54) is 0 Å². The van der Waals surface area contributed by atoms with E-state index in [4.69, 9.17) is 4.74 Å². The number of ether oxygens (including phenoxy) is 1. The molecule has 0 radical (unpaired) electrons. The molecule has 6 rings (SSSR count). The first-order valence-electron chi connectivity index (χ1n) is 10.1. The Hall–Kier alpha value is -4.13. The monoisotopic (exact) mass is 409 g/mol. The Morgan fingerprint density at radius 3 is 2.97 bits per heavy atom. The van der Waals surface area contributed by atoms with Crippen LogP contribution in [0, 0.1) is 6.92 Å². The number of carbonyl (C=O) groups excluding carboxylic acids is 1. The Kier molecular flexibility index (Phi) is 3.83. The van der Waals surface area contributed by atoms with Crippen LogP contribution in [0.2, 0.25) is 0 Å². The Morgan fingerprint density at radius 1 is 1.13 bits per heavy atom. The van der Waals surface area contributed by atoms with Crippen molar-refractivity contribution in [3.63, 3.8) is 0 Å². The third-order valence-electron chi connectivity index (χ3n) is 5.80. The fourth-order valence-electron chi connectivity index (χ4n) is 4.24. The Balaban J connectivity index is 1.45. The lowest BCUT2D eigenvalue weighted by Crippen LogP contribution is -2.20. The molecule has 0 saturated carbocycles. The first kappa shape index (κ1) is 17.7. The van der Waals surface area contributed by atoms with Gasteiger partial charge in [-0.3, -0.25) is 9.78 Å². The average molecular weight is 409 g/mol. The summed E-state index contributed by atoms with van der Waals surface area (Å²) in [5, 5.41) is 7.40. The Labute approximate surface area is 178 Å². The smallest absolute Gasteiger partial charge is 0.256 e. The van der Waals surface area contributed by atoms with Crippen LogP contribution in [0.1, 0.15) is 16.8 Å². The van der Waals surface area contributed by atoms with E-state index in [2.05, 4.69) is 32.5 Å². The van der Waals surface area contributed by atoms with Gasteiger partial charge in [0, 0.05) is 46.8 Å². The predicted octanol–water partition coefficient (Wildman–Crippen LogP) is 4.23. The molecule has 7 nitrogen and oxygen atoms in total. The lowest BCUT2D eigenvalue weighted by Gasteiger charge is -2.21. The first-order valence-corrected chi connectivity index (χ1v) is 10.1. The summed E-state index contributed by atoms with van der Waals surface area (Å²) in [6.07, 6.45) is 7.26. The molecule has 31 heavy (non-hydrogen) atoms. The molecule has 0 saturated heterocycles. The van der Waals surface area contributed by atoms with Crippen LogP contribution >= 0.6 is 0 Å². The number of hydrogen-bond acceptors (Lipinski definition) is 5. The second-order valence-electron chi connectivity index (χ2n) is 7.71. The van der Waals surface area contributed by atoms with Crippen LogP contribution in [-0.2, 0) is 4.79 Å². The molecule has 0 unspecified atom stereocenters. The number of aromatic amines is 1. The van der Waals surface area contributed by atoms with Crippen molar-refractivity contribution in [1.29, 1.82) is 0 Å². The van der Waals surface area contributed by atoms with Gasteiger partial charge in [-0.05, 0) is 48.4 Å². The molecule has 1 aromatic carbocycles. The highest BCUT2D eigenvalue weighted by atomic mass is 16.5. The quantitative estimate of drug-likeness (QED) is 0.431. The number of anilines is 2. The highest BCUT2D eigenvalue weighted by Gasteiger charge is 2.25. The third kappa shape index (κ3) is 2.85. The highest BCUT2D eigenvalue weighted by Crippen LogP contribution is 2.39. The lowest BCUT2D eigenvalue weighted by atomic mass is 9.96. The predicted molar refractivity (Wildman–Crippen MR) is 121 cm³/mol. The number of fused-ring (bicyclic) bond motifs is 3. The van der Waals surface area contributed by atoms with Crippen LogP contribution in [0.4, 0.5) is 11.4 Å². The molecule has 2 aliphatic heterocycles. The van der Waals surface area contributed by atoms with Crippen LogP contribution in [0.25, 0.3) is 33.7 Å². The fourth-order valence-corrected chi connectivity index (χ4v) is 4.24. The zero-order valence-corrected chi connectivity index (χ0v) is 16.8. The second-order valence-corrected chi connectivity index (χ2v) is 7.71. The molecular formula is C24H19N5O2. The van der Waals surface area contributed by atoms with Gasteiger partial charge in [0.1, 0.15) is 12.3 Å². The van der Waals surface area contributed by atoms with Gasteiger partial charge in [-0.1, -0.05) is 6.07 Å². The van der Waals surface area contributed by atoms with E-state index in [9.17, 15) is 4.79 Å². The number of hydrogen-bond donors (Lipinski definition) is 3. The van der Waals surface area contributed by atoms with Gasteiger partial charge in [0.15, 0.2) is 0 Å². The van der Waals surface area contributed by atoms with Crippen molar-refractivity contribution in [2.24, 2.45) is 0 Å². The normalized spacial score (nSPS) is 15.9. The summed E-state index contributed by atoms with van der Waals surface area (Å²) in [6, 6.07) is 9.96. The highest BCUT2D eigenvalue weighted by molar-refractivity contribution is 6.35. The minimum absolute atomic E-state index is 0.112. The molecule has 3 N–H and O–H groups in total. The van der Waals surface area contributed by atoms with Gasteiger partial charge in [0.05, 0.1) is 17.3 Å². The number of amides is 1. The largest absolute Gasteiger partial charge is 0.474 e. The van der Waals surface area contributed by atoms with E-state index in [-0.39, 0.29) is 5.91 Å². The summed E-state index contributed by atoms with van der Waals surface area (Å²) < 4.78 is 5.65. The van der Waals surface area contributed by atoms with Crippen LogP contribution in [0.5, 0.6) is 5.88 Å². The topological polar surface area (TPSA) is 91.9 Å². The van der Waals surface area contributed by atoms with Gasteiger partial charge in [-0.25, -0.2) is 4.98 Å². The number of benzene rings is 1. The Morgan fingerprint density at radius 2 is 2.06 bits per heavy atom. The zero-order chi connectivity index (χ0) is 20.9. The molecule has 1 amide bonds. The van der Waals surface area contributed by atoms with Crippen molar-refractivity contribution < 1.29 is 9.53 Å². The number of nitrogens with one attached hydrogen (secondary N) is 3. The van der Waals surface area contributed by atoms with E-state index < -0.39 is 0 Å². The number of carbonyl (C=O) groups is 1. The molecule has 7 heteroatoms. The number of rotatable bonds is 2. The molecule has 0 spiro atoms. The van der Waals surface area contributed by atoms with Crippen molar-refractivity contribution in [1.82, 2.24) is 15.0 Å². The van der Waals surface area contributed by atoms with Crippen molar-refractivity contribution in [3.05, 3.63) is 65.7 Å². The van der Waals surface area contributed by atoms with Crippen molar-refractivity contribution in [2.45, 2.75) is 6.92 Å². The molecule has 3 aromatic heterocycles. The minimum Gasteiger partial charge on any atom is -0.474 e. The van der Waals surface area contributed by atoms with E-state index in [1.54, 1.807) is 12.4 Å². The molecule has 5 heterocycles. The molecule has 0 aliphatic carbocycles. The van der Waals surface area contributed by atoms with Gasteiger partial charge in [0.25, 0.3) is 5.91 Å². The standard InChI is InChI=1S/C24H19N5O2/c1-13-19(11-27-24-22(13)26-6-7-31-24)14-2-3-20-17(9-14)18(23(30)29-20)10-16-8-15-4-5-25-12-21(15)28-16/h2-5,8-12,26,28H,6-7H2,1H3,(H,29,30)/b18-10-. The van der Waals surface area contributed by atoms with E-state index in [0.717, 1.165) is 56.8 Å². The van der Waals surface area contributed by atoms with Gasteiger partial charge < -0.3 is 20.4 Å². The van der Waals surface area contributed by atoms with E-state index >= 15 is 0 Å². The molecular weight excluding hydrogens is 390 g/mol. The minimum atomic E-state index is -0.112. The van der Waals surface area contributed by atoms with Gasteiger partial charge in [-0.15, -0.1) is 0 Å². The third-order valence-corrected chi connectivity index (χ3v) is 5.80. The molecule has 0 fully saturated rings. The maximum Gasteiger partial charge on any atom is 0.256 e. The molecule has 0 atom stereocenters. The summed E-state index contributed by atoms with van der Waals surface area (Å²) in [6.45, 7) is 3.43. The Bertz CT molecular complexity index is 1370. The lowest BCUT2D eigenvalue weighted by molar-refractivity contribution is -0.110. The SMILES string of the molecule is Cc1c(-c2ccc3c(c2)/C(=C/c2cc4ccncc4[nH]2)C(=O)N3)cnc2c1NCCO2. The van der Waals surface area contributed by atoms with E-state index in [1.807, 2.05) is 42.6 Å². The zero-order valence-electron chi connectivity index (χ0n) is 16.8. The van der Waals surface area contributed by atoms with Gasteiger partial charge in [0.2, 0.25) is 5.88 Å². The number of pyridine rings is 2. The summed E-state index contributed by atoms with van der Waals surface area (Å²) in [7, 11) is 0. The fraction of sp³-hybridized carbons (Fsp3) is 0.125. The molecule has 152 valence electrons. The van der Waals surface area contributed by atoms with E-state index in [0.29, 0.717) is 18.1 Å². The molecule has 2 aliphatic rings. The molecule has 0 bridgehead atoms. The summed E-state index contributed by atoms with van der Waals surface area (Å²) in [4.78, 5) is 24.6. The molecule has 4 aromatic rings. The van der Waals surface area contributed by atoms with Crippen LogP contribution in [-0.4, -0.2) is 34.0 Å². The van der Waals surface area contributed by atoms with Crippen molar-refractivity contribution >= 4 is 39.8 Å². The number of H-pyrrole nitrogens is 1.